The Balaban J connectivity index is 2.65. The number of carbonyl (C=O) groups is 1. The Bertz CT molecular complexity index is 175. The fraction of sp³-hybridized carbons (Fsp3) is 0.900. The summed E-state index contributed by atoms with van der Waals surface area (Å²) in [5, 5.41) is 9.52. The molecule has 0 radical (unpaired) electrons. The van der Waals surface area contributed by atoms with E-state index in [1.165, 1.54) is 0 Å². The zero-order chi connectivity index (χ0) is 9.30. The molecule has 2 nitrogen and oxygen atoms in total. The maximum Gasteiger partial charge on any atom is 0.164 e. The van der Waals surface area contributed by atoms with Crippen LogP contribution in [-0.4, -0.2) is 17.0 Å². The van der Waals surface area contributed by atoms with Crippen LogP contribution in [0.15, 0.2) is 0 Å². The van der Waals surface area contributed by atoms with Gasteiger partial charge in [-0.1, -0.05) is 20.8 Å². The van der Waals surface area contributed by atoms with Gasteiger partial charge in [-0.05, 0) is 24.7 Å². The van der Waals surface area contributed by atoms with Crippen LogP contribution in [0.5, 0.6) is 0 Å². The lowest BCUT2D eigenvalue weighted by atomic mass is 9.75. The van der Waals surface area contributed by atoms with Gasteiger partial charge in [-0.15, -0.1) is 0 Å². The van der Waals surface area contributed by atoms with Gasteiger partial charge in [-0.3, -0.25) is 4.79 Å². The van der Waals surface area contributed by atoms with E-state index in [0.29, 0.717) is 5.92 Å². The van der Waals surface area contributed by atoms with E-state index < -0.39 is 6.10 Å². The zero-order valence-corrected chi connectivity index (χ0v) is 8.08. The summed E-state index contributed by atoms with van der Waals surface area (Å²) in [5.74, 6) is 0.687. The number of carbonyl (C=O) groups excluding carboxylic acids is 1. The summed E-state index contributed by atoms with van der Waals surface area (Å²) < 4.78 is 0. The normalized spacial score (nSPS) is 37.4. The molecule has 1 N–H and O–H groups in total. The van der Waals surface area contributed by atoms with Gasteiger partial charge in [0.1, 0.15) is 6.10 Å². The van der Waals surface area contributed by atoms with E-state index in [1.807, 2.05) is 20.8 Å². The van der Waals surface area contributed by atoms with Crippen molar-refractivity contribution in [2.45, 2.75) is 39.7 Å². The number of rotatable bonds is 1. The van der Waals surface area contributed by atoms with Crippen molar-refractivity contribution in [3.05, 3.63) is 0 Å². The molecule has 0 aromatic rings. The molecule has 0 heterocycles. The molecule has 0 aliphatic heterocycles. The first-order chi connectivity index (χ1) is 5.54. The Hall–Kier alpha value is -0.370. The van der Waals surface area contributed by atoms with Crippen molar-refractivity contribution in [2.24, 2.45) is 17.8 Å². The van der Waals surface area contributed by atoms with E-state index in [2.05, 4.69) is 0 Å². The Morgan fingerprint density at radius 3 is 2.50 bits per heavy atom. The molecule has 1 aliphatic carbocycles. The lowest BCUT2D eigenvalue weighted by Crippen LogP contribution is -2.40. The molecule has 0 aromatic heterocycles. The predicted octanol–water partition coefficient (Wildman–Crippen LogP) is 1.62. The Morgan fingerprint density at radius 1 is 1.42 bits per heavy atom. The van der Waals surface area contributed by atoms with Crippen LogP contribution in [0.2, 0.25) is 0 Å². The van der Waals surface area contributed by atoms with Gasteiger partial charge in [-0.25, -0.2) is 0 Å². The zero-order valence-electron chi connectivity index (χ0n) is 8.08. The average molecular weight is 170 g/mol. The van der Waals surface area contributed by atoms with E-state index in [1.54, 1.807) is 0 Å². The highest BCUT2D eigenvalue weighted by Gasteiger charge is 2.35. The third-order valence-electron chi connectivity index (χ3n) is 2.93. The van der Waals surface area contributed by atoms with Gasteiger partial charge >= 0.3 is 0 Å². The molecule has 1 aliphatic rings. The van der Waals surface area contributed by atoms with Crippen molar-refractivity contribution in [2.75, 3.05) is 0 Å². The van der Waals surface area contributed by atoms with E-state index in [9.17, 15) is 9.90 Å². The number of aliphatic hydroxyl groups excluding tert-OH is 1. The highest BCUT2D eigenvalue weighted by Crippen LogP contribution is 2.30. The van der Waals surface area contributed by atoms with Crippen molar-refractivity contribution >= 4 is 5.78 Å². The molecule has 0 spiro atoms. The van der Waals surface area contributed by atoms with Gasteiger partial charge < -0.3 is 5.11 Å². The van der Waals surface area contributed by atoms with E-state index in [-0.39, 0.29) is 17.6 Å². The van der Waals surface area contributed by atoms with Gasteiger partial charge in [0.2, 0.25) is 0 Å². The number of hydrogen-bond acceptors (Lipinski definition) is 2. The molecule has 0 saturated heterocycles. The first-order valence-electron chi connectivity index (χ1n) is 4.75. The lowest BCUT2D eigenvalue weighted by molar-refractivity contribution is -0.138. The summed E-state index contributed by atoms with van der Waals surface area (Å²) in [5.41, 5.74) is 0. The minimum absolute atomic E-state index is 0.0590. The van der Waals surface area contributed by atoms with Crippen molar-refractivity contribution in [3.63, 3.8) is 0 Å². The average Bonchev–Trinajstić information content (AvgIpc) is 2.00. The first-order valence-corrected chi connectivity index (χ1v) is 4.75. The number of hydrogen-bond donors (Lipinski definition) is 1. The summed E-state index contributed by atoms with van der Waals surface area (Å²) in [6.07, 6.45) is 1.23. The maximum absolute atomic E-state index is 11.5. The van der Waals surface area contributed by atoms with Crippen LogP contribution < -0.4 is 0 Å². The number of ketones is 1. The summed E-state index contributed by atoms with van der Waals surface area (Å²) in [4.78, 5) is 11.5. The summed E-state index contributed by atoms with van der Waals surface area (Å²) in [7, 11) is 0. The monoisotopic (exact) mass is 170 g/mol. The summed E-state index contributed by atoms with van der Waals surface area (Å²) in [6.45, 7) is 6.04. The van der Waals surface area contributed by atoms with Crippen LogP contribution >= 0.6 is 0 Å². The molecule has 1 rings (SSSR count). The molecule has 70 valence electrons. The quantitative estimate of drug-likeness (QED) is 0.649. The standard InChI is InChI=1S/C10H18O2/c1-6(2)8-5-4-7(3)9(11)10(8)12/h6-9,11H,4-5H2,1-3H3/t7-,8+,9+/m1/s1. The molecule has 2 heteroatoms. The minimum Gasteiger partial charge on any atom is -0.385 e. The van der Waals surface area contributed by atoms with Crippen molar-refractivity contribution in [1.29, 1.82) is 0 Å². The molecular weight excluding hydrogens is 152 g/mol. The van der Waals surface area contributed by atoms with Crippen molar-refractivity contribution in [3.8, 4) is 0 Å². The molecule has 3 atom stereocenters. The highest BCUT2D eigenvalue weighted by atomic mass is 16.3. The topological polar surface area (TPSA) is 37.3 Å². The molecule has 1 saturated carbocycles. The molecule has 0 aromatic carbocycles. The molecule has 0 unspecified atom stereocenters. The number of aliphatic hydroxyl groups is 1. The van der Waals surface area contributed by atoms with Gasteiger partial charge in [0.25, 0.3) is 0 Å². The Labute approximate surface area is 74.0 Å². The summed E-state index contributed by atoms with van der Waals surface area (Å²) in [6, 6.07) is 0. The van der Waals surface area contributed by atoms with E-state index in [4.69, 9.17) is 0 Å². The second-order valence-electron chi connectivity index (χ2n) is 4.25. The van der Waals surface area contributed by atoms with Crippen LogP contribution in [-0.2, 0) is 4.79 Å². The van der Waals surface area contributed by atoms with Crippen LogP contribution in [0.25, 0.3) is 0 Å². The Morgan fingerprint density at radius 2 is 2.00 bits per heavy atom. The third-order valence-corrected chi connectivity index (χ3v) is 2.93. The molecule has 1 fully saturated rings. The SMILES string of the molecule is CC(C)[C@@H]1CC[C@@H](C)[C@H](O)C1=O. The Kier molecular flexibility index (Phi) is 2.89. The molecular formula is C10H18O2. The largest absolute Gasteiger partial charge is 0.385 e. The van der Waals surface area contributed by atoms with Crippen LogP contribution in [0, 0.1) is 17.8 Å². The second kappa shape index (κ2) is 3.56. The second-order valence-corrected chi connectivity index (χ2v) is 4.25. The number of Topliss-reactive ketones (excluding diaryl/α,β-unsaturated/α-hetero) is 1. The fourth-order valence-corrected chi connectivity index (χ4v) is 1.90. The predicted molar refractivity (Wildman–Crippen MR) is 47.7 cm³/mol. The van der Waals surface area contributed by atoms with Gasteiger partial charge in [-0.2, -0.15) is 0 Å². The van der Waals surface area contributed by atoms with Gasteiger partial charge in [0, 0.05) is 5.92 Å². The third kappa shape index (κ3) is 1.69. The smallest absolute Gasteiger partial charge is 0.164 e. The molecule has 0 bridgehead atoms. The molecule has 12 heavy (non-hydrogen) atoms. The van der Waals surface area contributed by atoms with Crippen LogP contribution in [0.3, 0.4) is 0 Å². The fourth-order valence-electron chi connectivity index (χ4n) is 1.90. The first kappa shape index (κ1) is 9.72. The van der Waals surface area contributed by atoms with Crippen molar-refractivity contribution < 1.29 is 9.90 Å². The van der Waals surface area contributed by atoms with Gasteiger partial charge in [0.15, 0.2) is 5.78 Å². The van der Waals surface area contributed by atoms with Gasteiger partial charge in [0.05, 0.1) is 0 Å². The maximum atomic E-state index is 11.5. The summed E-state index contributed by atoms with van der Waals surface area (Å²) >= 11 is 0. The van der Waals surface area contributed by atoms with E-state index >= 15 is 0 Å². The van der Waals surface area contributed by atoms with Crippen LogP contribution in [0.1, 0.15) is 33.6 Å². The van der Waals surface area contributed by atoms with E-state index in [0.717, 1.165) is 12.8 Å². The minimum atomic E-state index is -0.703. The molecule has 0 amide bonds. The highest BCUT2D eigenvalue weighted by molar-refractivity contribution is 5.86. The lowest BCUT2D eigenvalue weighted by Gasteiger charge is -2.31. The van der Waals surface area contributed by atoms with Crippen molar-refractivity contribution in [1.82, 2.24) is 0 Å². The van der Waals surface area contributed by atoms with Crippen LogP contribution in [0.4, 0.5) is 0 Å².